The van der Waals surface area contributed by atoms with Gasteiger partial charge in [-0.1, -0.05) is 41.4 Å². The minimum absolute atomic E-state index is 0.127. The lowest BCUT2D eigenvalue weighted by Gasteiger charge is -2.26. The zero-order valence-corrected chi connectivity index (χ0v) is 22.6. The number of methoxy groups -OCH3 is 1. The molecule has 204 valence electrons. The van der Waals surface area contributed by atoms with Crippen LogP contribution in [0, 0.1) is 0 Å². The molecule has 0 spiro atoms. The van der Waals surface area contributed by atoms with Crippen molar-refractivity contribution in [2.75, 3.05) is 12.0 Å². The van der Waals surface area contributed by atoms with E-state index in [1.165, 1.54) is 43.5 Å². The van der Waals surface area contributed by atoms with Crippen LogP contribution in [0.5, 0.6) is 11.5 Å². The van der Waals surface area contributed by atoms with Gasteiger partial charge in [-0.15, -0.1) is 6.58 Å². The van der Waals surface area contributed by atoms with E-state index in [-0.39, 0.29) is 33.5 Å². The van der Waals surface area contributed by atoms with E-state index in [0.29, 0.717) is 29.0 Å². The van der Waals surface area contributed by atoms with Gasteiger partial charge in [0.1, 0.15) is 12.2 Å². The Morgan fingerprint density at radius 1 is 1.05 bits per heavy atom. The maximum atomic E-state index is 13.3. The molecule has 0 bridgehead atoms. The van der Waals surface area contributed by atoms with Crippen molar-refractivity contribution in [3.8, 4) is 11.5 Å². The second-order valence-electron chi connectivity index (χ2n) is 8.55. The van der Waals surface area contributed by atoms with Crippen LogP contribution >= 0.6 is 23.2 Å². The van der Waals surface area contributed by atoms with Gasteiger partial charge in [-0.05, 0) is 66.1 Å². The maximum Gasteiger partial charge on any atom is 0.335 e. The Bertz CT molecular complexity index is 1570. The normalized spacial score (nSPS) is 14.2. The highest BCUT2D eigenvalue weighted by atomic mass is 35.5. The molecule has 0 atom stereocenters. The monoisotopic (exact) mass is 580 g/mol. The maximum absolute atomic E-state index is 13.3. The number of carboxylic acid groups (broad SMARTS) is 1. The number of carboxylic acids is 1. The van der Waals surface area contributed by atoms with Crippen LogP contribution in [0.2, 0.25) is 10.0 Å². The molecule has 40 heavy (non-hydrogen) atoms. The average Bonchev–Trinajstić information content (AvgIpc) is 2.92. The van der Waals surface area contributed by atoms with Gasteiger partial charge in [-0.25, -0.2) is 14.5 Å². The third-order valence-electron chi connectivity index (χ3n) is 5.90. The van der Waals surface area contributed by atoms with Gasteiger partial charge in [0, 0.05) is 5.56 Å². The Kier molecular flexibility index (Phi) is 8.57. The number of aromatic carboxylic acids is 1. The van der Waals surface area contributed by atoms with Crippen molar-refractivity contribution in [3.05, 3.63) is 105 Å². The van der Waals surface area contributed by atoms with E-state index < -0.39 is 23.8 Å². The molecule has 1 aliphatic rings. The van der Waals surface area contributed by atoms with E-state index in [0.717, 1.165) is 10.5 Å². The molecule has 11 heteroatoms. The van der Waals surface area contributed by atoms with Gasteiger partial charge in [0.25, 0.3) is 11.8 Å². The molecule has 1 heterocycles. The first-order chi connectivity index (χ1) is 19.1. The summed E-state index contributed by atoms with van der Waals surface area (Å²) in [7, 11) is 1.45. The Labute approximate surface area is 239 Å². The fourth-order valence-corrected chi connectivity index (χ4v) is 4.26. The Hall–Kier alpha value is -4.60. The van der Waals surface area contributed by atoms with Crippen molar-refractivity contribution in [3.63, 3.8) is 0 Å². The number of halogens is 2. The summed E-state index contributed by atoms with van der Waals surface area (Å²) in [5, 5.41) is 11.6. The third-order valence-corrected chi connectivity index (χ3v) is 6.64. The number of hydrogen-bond donors (Lipinski definition) is 2. The molecular weight excluding hydrogens is 559 g/mol. The van der Waals surface area contributed by atoms with Gasteiger partial charge in [-0.3, -0.25) is 14.9 Å². The van der Waals surface area contributed by atoms with E-state index in [4.69, 9.17) is 37.8 Å². The summed E-state index contributed by atoms with van der Waals surface area (Å²) in [5.74, 6) is -1.99. The van der Waals surface area contributed by atoms with Crippen LogP contribution in [0.3, 0.4) is 0 Å². The first-order valence-electron chi connectivity index (χ1n) is 11.8. The number of rotatable bonds is 9. The first-order valence-corrected chi connectivity index (χ1v) is 12.5. The van der Waals surface area contributed by atoms with E-state index in [1.807, 2.05) is 0 Å². The molecule has 0 saturated carbocycles. The molecule has 1 aliphatic heterocycles. The van der Waals surface area contributed by atoms with Gasteiger partial charge < -0.3 is 14.6 Å². The molecular formula is C29H22Cl2N2O7. The van der Waals surface area contributed by atoms with Crippen molar-refractivity contribution >= 4 is 58.8 Å². The minimum Gasteiger partial charge on any atom is -0.493 e. The van der Waals surface area contributed by atoms with Crippen molar-refractivity contribution in [2.45, 2.75) is 13.0 Å². The highest BCUT2D eigenvalue weighted by molar-refractivity contribution is 6.43. The molecule has 9 nitrogen and oxygen atoms in total. The van der Waals surface area contributed by atoms with Crippen LogP contribution in [-0.2, 0) is 22.6 Å². The summed E-state index contributed by atoms with van der Waals surface area (Å²) in [4.78, 5) is 50.4. The molecule has 3 aromatic carbocycles. The minimum atomic E-state index is -1.03. The summed E-state index contributed by atoms with van der Waals surface area (Å²) in [6, 6.07) is 12.9. The van der Waals surface area contributed by atoms with Crippen LogP contribution in [0.15, 0.2) is 72.8 Å². The van der Waals surface area contributed by atoms with Crippen molar-refractivity contribution in [1.29, 1.82) is 0 Å². The van der Waals surface area contributed by atoms with Crippen LogP contribution in [0.4, 0.5) is 10.5 Å². The topological polar surface area (TPSA) is 122 Å². The van der Waals surface area contributed by atoms with Gasteiger partial charge in [0.15, 0.2) is 11.5 Å². The summed E-state index contributed by atoms with van der Waals surface area (Å²) in [5.41, 5.74) is 1.84. The SMILES string of the molecule is C=CCc1cc(/C=C2\C(=O)NC(=O)N(c3ccc(Cl)c(Cl)c3)C2=O)cc(OC)c1OCc1ccc(C(=O)O)cc1. The second kappa shape index (κ2) is 12.1. The number of benzene rings is 3. The largest absolute Gasteiger partial charge is 0.493 e. The lowest BCUT2D eigenvalue weighted by atomic mass is 10.0. The van der Waals surface area contributed by atoms with E-state index in [2.05, 4.69) is 11.9 Å². The van der Waals surface area contributed by atoms with Gasteiger partial charge >= 0.3 is 12.0 Å². The number of imide groups is 2. The van der Waals surface area contributed by atoms with E-state index in [9.17, 15) is 19.2 Å². The number of carbonyl (C=O) groups excluding carboxylic acids is 3. The zero-order valence-electron chi connectivity index (χ0n) is 21.1. The Morgan fingerprint density at radius 2 is 1.77 bits per heavy atom. The predicted molar refractivity (Wildman–Crippen MR) is 150 cm³/mol. The van der Waals surface area contributed by atoms with Gasteiger partial charge in [-0.2, -0.15) is 0 Å². The molecule has 0 radical (unpaired) electrons. The van der Waals surface area contributed by atoms with Crippen molar-refractivity contribution in [1.82, 2.24) is 5.32 Å². The standard InChI is InChI=1S/C29H22Cl2N2O7/c1-3-4-19-11-17(13-24(39-2)25(19)40-15-16-5-7-18(8-6-16)28(36)37)12-21-26(34)32-29(38)33(27(21)35)20-9-10-22(30)23(31)14-20/h3,5-14H,1,4,15H2,2H3,(H,36,37)(H,32,34,38)/b21-12+. The molecule has 1 saturated heterocycles. The number of urea groups is 1. The fourth-order valence-electron chi connectivity index (χ4n) is 3.97. The summed E-state index contributed by atoms with van der Waals surface area (Å²) in [6.07, 6.45) is 3.37. The molecule has 4 amide bonds. The molecule has 0 aromatic heterocycles. The number of ether oxygens (including phenoxy) is 2. The number of anilines is 1. The second-order valence-corrected chi connectivity index (χ2v) is 9.37. The number of nitrogens with zero attached hydrogens (tertiary/aromatic N) is 1. The van der Waals surface area contributed by atoms with Crippen LogP contribution in [0.1, 0.15) is 27.0 Å². The summed E-state index contributed by atoms with van der Waals surface area (Å²) >= 11 is 12.0. The lowest BCUT2D eigenvalue weighted by Crippen LogP contribution is -2.54. The van der Waals surface area contributed by atoms with Crippen LogP contribution < -0.4 is 19.7 Å². The van der Waals surface area contributed by atoms with E-state index in [1.54, 1.807) is 30.3 Å². The number of carbonyl (C=O) groups is 4. The van der Waals surface area contributed by atoms with Gasteiger partial charge in [0.2, 0.25) is 0 Å². The molecule has 2 N–H and O–H groups in total. The first kappa shape index (κ1) is 28.4. The number of amides is 4. The van der Waals surface area contributed by atoms with Gasteiger partial charge in [0.05, 0.1) is 28.4 Å². The quantitative estimate of drug-likeness (QED) is 0.190. The number of allylic oxidation sites excluding steroid dienone is 1. The molecule has 4 rings (SSSR count). The fraction of sp³-hybridized carbons (Fsp3) is 0.103. The molecule has 1 fully saturated rings. The van der Waals surface area contributed by atoms with Crippen molar-refractivity contribution < 1.29 is 33.8 Å². The number of nitrogens with one attached hydrogen (secondary N) is 1. The molecule has 0 aliphatic carbocycles. The lowest BCUT2D eigenvalue weighted by molar-refractivity contribution is -0.122. The summed E-state index contributed by atoms with van der Waals surface area (Å²) < 4.78 is 11.6. The average molecular weight is 581 g/mol. The molecule has 3 aromatic rings. The Morgan fingerprint density at radius 3 is 2.40 bits per heavy atom. The van der Waals surface area contributed by atoms with Crippen molar-refractivity contribution in [2.24, 2.45) is 0 Å². The number of hydrogen-bond acceptors (Lipinski definition) is 6. The van der Waals surface area contributed by atoms with Crippen LogP contribution in [-0.4, -0.2) is 36.0 Å². The smallest absolute Gasteiger partial charge is 0.335 e. The molecule has 0 unspecified atom stereocenters. The highest BCUT2D eigenvalue weighted by Crippen LogP contribution is 2.36. The Balaban J connectivity index is 1.67. The summed E-state index contributed by atoms with van der Waals surface area (Å²) in [6.45, 7) is 3.91. The zero-order chi connectivity index (χ0) is 29.0. The predicted octanol–water partition coefficient (Wildman–Crippen LogP) is 5.67. The number of barbiturate groups is 1. The third kappa shape index (κ3) is 6.01. The highest BCUT2D eigenvalue weighted by Gasteiger charge is 2.37. The van der Waals surface area contributed by atoms with Crippen LogP contribution in [0.25, 0.3) is 6.08 Å². The van der Waals surface area contributed by atoms with E-state index >= 15 is 0 Å².